The number of rotatable bonds is 5. The van der Waals surface area contributed by atoms with E-state index in [9.17, 15) is 10.1 Å². The first-order valence-electron chi connectivity index (χ1n) is 7.36. The summed E-state index contributed by atoms with van der Waals surface area (Å²) in [5.41, 5.74) is 1.83. The Morgan fingerprint density at radius 2 is 2.00 bits per heavy atom. The summed E-state index contributed by atoms with van der Waals surface area (Å²) in [6.45, 7) is 1.89. The molecule has 2 aromatic carbocycles. The molecule has 2 rings (SSSR count). The van der Waals surface area contributed by atoms with Gasteiger partial charge in [0.25, 0.3) is 5.91 Å². The van der Waals surface area contributed by atoms with Crippen LogP contribution in [0.5, 0.6) is 5.75 Å². The van der Waals surface area contributed by atoms with Gasteiger partial charge in [-0.3, -0.25) is 4.79 Å². The number of hydrogen-bond donors (Lipinski definition) is 1. The van der Waals surface area contributed by atoms with E-state index in [1.54, 1.807) is 13.2 Å². The maximum atomic E-state index is 12.3. The van der Waals surface area contributed by atoms with Crippen molar-refractivity contribution in [2.75, 3.05) is 7.11 Å². The average molecular weight is 432 g/mol. The van der Waals surface area contributed by atoms with Crippen LogP contribution in [0.3, 0.4) is 0 Å². The van der Waals surface area contributed by atoms with Crippen molar-refractivity contribution in [3.8, 4) is 11.8 Å². The Kier molecular flexibility index (Phi) is 6.38. The van der Waals surface area contributed by atoms with Crippen molar-refractivity contribution in [1.29, 1.82) is 5.26 Å². The molecule has 1 N–H and O–H groups in total. The van der Waals surface area contributed by atoms with E-state index in [0.29, 0.717) is 0 Å². The highest BCUT2D eigenvalue weighted by atomic mass is 127. The van der Waals surface area contributed by atoms with Gasteiger partial charge in [0.15, 0.2) is 0 Å². The fourth-order valence-corrected chi connectivity index (χ4v) is 2.95. The normalized spacial score (nSPS) is 12.2. The molecule has 0 bridgehead atoms. The predicted molar refractivity (Wildman–Crippen MR) is 102 cm³/mol. The van der Waals surface area contributed by atoms with Gasteiger partial charge < -0.3 is 10.1 Å². The fraction of sp³-hybridized carbons (Fsp3) is 0.158. The van der Waals surface area contributed by atoms with Gasteiger partial charge in [-0.2, -0.15) is 5.26 Å². The number of methoxy groups -OCH3 is 1. The summed E-state index contributed by atoms with van der Waals surface area (Å²) < 4.78 is 6.12. The van der Waals surface area contributed by atoms with Crippen molar-refractivity contribution in [2.24, 2.45) is 0 Å². The number of nitrogens with one attached hydrogen (secondary N) is 1. The molecule has 0 aliphatic heterocycles. The summed E-state index contributed by atoms with van der Waals surface area (Å²) in [6.07, 6.45) is 1.58. The second-order valence-corrected chi connectivity index (χ2v) is 6.33. The van der Waals surface area contributed by atoms with Crippen LogP contribution in [-0.2, 0) is 4.79 Å². The number of ether oxygens (including phenoxy) is 1. The Morgan fingerprint density at radius 3 is 2.58 bits per heavy atom. The first kappa shape index (κ1) is 18.0. The molecule has 0 aliphatic carbocycles. The number of nitriles is 1. The molecule has 4 nitrogen and oxygen atoms in total. The molecule has 0 unspecified atom stereocenters. The molecule has 0 saturated heterocycles. The molecular weight excluding hydrogens is 415 g/mol. The topological polar surface area (TPSA) is 62.1 Å². The molecule has 0 spiro atoms. The molecule has 0 saturated carbocycles. The lowest BCUT2D eigenvalue weighted by atomic mass is 10.1. The molecule has 122 valence electrons. The zero-order chi connectivity index (χ0) is 17.5. The molecule has 0 heterocycles. The van der Waals surface area contributed by atoms with E-state index in [2.05, 4.69) is 27.9 Å². The van der Waals surface area contributed by atoms with E-state index in [-0.39, 0.29) is 17.5 Å². The SMILES string of the molecule is COc1ccc(/C=C(/C#N)C(=O)N[C@H](C)c2ccccc2)cc1I. The lowest BCUT2D eigenvalue weighted by Crippen LogP contribution is -2.27. The molecule has 2 aromatic rings. The molecule has 24 heavy (non-hydrogen) atoms. The Balaban J connectivity index is 2.17. The van der Waals surface area contributed by atoms with Gasteiger partial charge in [-0.15, -0.1) is 0 Å². The van der Waals surface area contributed by atoms with Crippen molar-refractivity contribution in [2.45, 2.75) is 13.0 Å². The highest BCUT2D eigenvalue weighted by Gasteiger charge is 2.14. The highest BCUT2D eigenvalue weighted by molar-refractivity contribution is 14.1. The van der Waals surface area contributed by atoms with Crippen LogP contribution >= 0.6 is 22.6 Å². The minimum absolute atomic E-state index is 0.0683. The third-order valence-corrected chi connectivity index (χ3v) is 4.34. The van der Waals surface area contributed by atoms with Gasteiger partial charge in [0, 0.05) is 0 Å². The average Bonchev–Trinajstić information content (AvgIpc) is 2.60. The number of carbonyl (C=O) groups is 1. The van der Waals surface area contributed by atoms with Crippen LogP contribution in [0, 0.1) is 14.9 Å². The van der Waals surface area contributed by atoms with Gasteiger partial charge in [0.1, 0.15) is 17.4 Å². The van der Waals surface area contributed by atoms with Crippen LogP contribution in [0.2, 0.25) is 0 Å². The Labute approximate surface area is 155 Å². The van der Waals surface area contributed by atoms with Gasteiger partial charge in [-0.1, -0.05) is 36.4 Å². The summed E-state index contributed by atoms with van der Waals surface area (Å²) in [6, 6.07) is 16.9. The Bertz CT molecular complexity index is 795. The summed E-state index contributed by atoms with van der Waals surface area (Å²) in [4.78, 5) is 12.3. The Hall–Kier alpha value is -2.33. The van der Waals surface area contributed by atoms with Gasteiger partial charge in [0.2, 0.25) is 0 Å². The molecule has 0 radical (unpaired) electrons. The monoisotopic (exact) mass is 432 g/mol. The molecule has 0 fully saturated rings. The summed E-state index contributed by atoms with van der Waals surface area (Å²) in [5, 5.41) is 12.2. The third-order valence-electron chi connectivity index (χ3n) is 3.50. The molecule has 5 heteroatoms. The van der Waals surface area contributed by atoms with Crippen LogP contribution in [0.4, 0.5) is 0 Å². The lowest BCUT2D eigenvalue weighted by molar-refractivity contribution is -0.117. The number of amides is 1. The fourth-order valence-electron chi connectivity index (χ4n) is 2.19. The van der Waals surface area contributed by atoms with Gasteiger partial charge in [-0.25, -0.2) is 0 Å². The van der Waals surface area contributed by atoms with Crippen LogP contribution in [0.25, 0.3) is 6.08 Å². The van der Waals surface area contributed by atoms with E-state index < -0.39 is 0 Å². The molecular formula is C19H17IN2O2. The zero-order valence-electron chi connectivity index (χ0n) is 13.4. The largest absolute Gasteiger partial charge is 0.496 e. The smallest absolute Gasteiger partial charge is 0.262 e. The number of benzene rings is 2. The van der Waals surface area contributed by atoms with E-state index in [1.165, 1.54) is 0 Å². The van der Waals surface area contributed by atoms with Crippen molar-refractivity contribution in [3.05, 3.63) is 68.8 Å². The van der Waals surface area contributed by atoms with Gasteiger partial charge in [-0.05, 0) is 58.9 Å². The first-order chi connectivity index (χ1) is 11.5. The van der Waals surface area contributed by atoms with Crippen LogP contribution in [0.1, 0.15) is 24.1 Å². The van der Waals surface area contributed by atoms with Gasteiger partial charge in [0.05, 0.1) is 16.7 Å². The molecule has 1 amide bonds. The quantitative estimate of drug-likeness (QED) is 0.440. The minimum atomic E-state index is -0.389. The van der Waals surface area contributed by atoms with Crippen LogP contribution in [-0.4, -0.2) is 13.0 Å². The van der Waals surface area contributed by atoms with Crippen LogP contribution in [0.15, 0.2) is 54.1 Å². The standard InChI is InChI=1S/C19H17IN2O2/c1-13(15-6-4-3-5-7-15)22-19(23)16(12-21)10-14-8-9-18(24-2)17(20)11-14/h3-11,13H,1-2H3,(H,22,23)/b16-10-/t13-/m1/s1. The summed E-state index contributed by atoms with van der Waals surface area (Å²) in [7, 11) is 1.60. The maximum Gasteiger partial charge on any atom is 0.262 e. The highest BCUT2D eigenvalue weighted by Crippen LogP contribution is 2.23. The molecule has 0 aliphatic rings. The minimum Gasteiger partial charge on any atom is -0.496 e. The molecule has 1 atom stereocenters. The number of nitrogens with zero attached hydrogens (tertiary/aromatic N) is 1. The molecule has 0 aromatic heterocycles. The first-order valence-corrected chi connectivity index (χ1v) is 8.44. The predicted octanol–water partition coefficient (Wildman–Crippen LogP) is 4.08. The second-order valence-electron chi connectivity index (χ2n) is 5.17. The third kappa shape index (κ3) is 4.59. The van der Waals surface area contributed by atoms with E-state index >= 15 is 0 Å². The number of hydrogen-bond acceptors (Lipinski definition) is 3. The van der Waals surface area contributed by atoms with E-state index in [0.717, 1.165) is 20.4 Å². The zero-order valence-corrected chi connectivity index (χ0v) is 15.6. The van der Waals surface area contributed by atoms with Crippen molar-refractivity contribution >= 4 is 34.6 Å². The Morgan fingerprint density at radius 1 is 1.29 bits per heavy atom. The number of halogens is 1. The van der Waals surface area contributed by atoms with Crippen molar-refractivity contribution < 1.29 is 9.53 Å². The van der Waals surface area contributed by atoms with Crippen molar-refractivity contribution in [1.82, 2.24) is 5.32 Å². The second kappa shape index (κ2) is 8.50. The van der Waals surface area contributed by atoms with Crippen molar-refractivity contribution in [3.63, 3.8) is 0 Å². The number of carbonyl (C=O) groups excluding carboxylic acids is 1. The lowest BCUT2D eigenvalue weighted by Gasteiger charge is -2.13. The maximum absolute atomic E-state index is 12.3. The van der Waals surface area contributed by atoms with E-state index in [1.807, 2.05) is 61.5 Å². The summed E-state index contributed by atoms with van der Waals surface area (Å²) >= 11 is 2.15. The summed E-state index contributed by atoms with van der Waals surface area (Å²) in [5.74, 6) is 0.369. The van der Waals surface area contributed by atoms with Crippen LogP contribution < -0.4 is 10.1 Å². The van der Waals surface area contributed by atoms with Gasteiger partial charge >= 0.3 is 0 Å². The van der Waals surface area contributed by atoms with E-state index in [4.69, 9.17) is 4.74 Å².